The molecule has 0 bridgehead atoms. The normalized spacial score (nSPS) is 12.2. The second kappa shape index (κ2) is 6.78. The minimum absolute atomic E-state index is 0.221. The van der Waals surface area contributed by atoms with Crippen LogP contribution in [-0.2, 0) is 6.42 Å². The Hall–Kier alpha value is -1.50. The Morgan fingerprint density at radius 3 is 2.85 bits per heavy atom. The van der Waals surface area contributed by atoms with Gasteiger partial charge in [0, 0.05) is 10.7 Å². The number of nitrogens with two attached hydrogens (primary N) is 1. The van der Waals surface area contributed by atoms with E-state index in [1.807, 2.05) is 12.1 Å². The highest BCUT2D eigenvalue weighted by Gasteiger charge is 2.18. The zero-order valence-electron chi connectivity index (χ0n) is 10.9. The first-order valence-electron chi connectivity index (χ1n) is 6.05. The minimum atomic E-state index is -0.373. The van der Waals surface area contributed by atoms with Crippen LogP contribution >= 0.6 is 15.9 Å². The number of methoxy groups -OCH3 is 1. The van der Waals surface area contributed by atoms with Gasteiger partial charge in [-0.3, -0.25) is 16.3 Å². The number of rotatable bonds is 5. The summed E-state index contributed by atoms with van der Waals surface area (Å²) in [6, 6.07) is 8.42. The maximum atomic E-state index is 14.2. The van der Waals surface area contributed by atoms with Gasteiger partial charge in [0.15, 0.2) is 11.6 Å². The number of aromatic nitrogens is 1. The molecule has 1 unspecified atom stereocenters. The predicted octanol–water partition coefficient (Wildman–Crippen LogP) is 2.74. The molecule has 2 rings (SSSR count). The molecule has 0 saturated carbocycles. The maximum Gasteiger partial charge on any atom is 0.168 e. The lowest BCUT2D eigenvalue weighted by molar-refractivity contribution is 0.382. The third-order valence-corrected chi connectivity index (χ3v) is 3.68. The van der Waals surface area contributed by atoms with E-state index in [1.165, 1.54) is 7.11 Å². The molecular weight excluding hydrogens is 325 g/mol. The maximum absolute atomic E-state index is 14.2. The van der Waals surface area contributed by atoms with E-state index in [-0.39, 0.29) is 17.6 Å². The van der Waals surface area contributed by atoms with Crippen LogP contribution in [0.2, 0.25) is 0 Å². The minimum Gasteiger partial charge on any atom is -0.494 e. The zero-order chi connectivity index (χ0) is 14.5. The van der Waals surface area contributed by atoms with E-state index < -0.39 is 0 Å². The Balaban J connectivity index is 2.30. The third kappa shape index (κ3) is 3.15. The number of hydrogen-bond acceptors (Lipinski definition) is 4. The lowest BCUT2D eigenvalue weighted by Crippen LogP contribution is -2.30. The van der Waals surface area contributed by atoms with Crippen LogP contribution in [0, 0.1) is 5.82 Å². The number of benzene rings is 1. The smallest absolute Gasteiger partial charge is 0.168 e. The predicted molar refractivity (Wildman–Crippen MR) is 78.7 cm³/mol. The Kier molecular flexibility index (Phi) is 5.05. The summed E-state index contributed by atoms with van der Waals surface area (Å²) in [6.07, 6.45) is 2.04. The van der Waals surface area contributed by atoms with E-state index in [0.717, 1.165) is 10.2 Å². The van der Waals surface area contributed by atoms with Crippen molar-refractivity contribution in [2.45, 2.75) is 12.5 Å². The molecule has 0 radical (unpaired) electrons. The second-order valence-corrected chi connectivity index (χ2v) is 5.08. The number of nitrogens with zero attached hydrogens (tertiary/aromatic N) is 1. The molecule has 1 atom stereocenters. The van der Waals surface area contributed by atoms with Gasteiger partial charge in [0.25, 0.3) is 0 Å². The fraction of sp³-hybridized carbons (Fsp3) is 0.214. The molecule has 0 amide bonds. The molecule has 2 aromatic rings. The van der Waals surface area contributed by atoms with Crippen molar-refractivity contribution >= 4 is 15.9 Å². The van der Waals surface area contributed by atoms with Gasteiger partial charge in [-0.15, -0.1) is 0 Å². The molecule has 4 nitrogen and oxygen atoms in total. The van der Waals surface area contributed by atoms with Crippen LogP contribution < -0.4 is 16.0 Å². The fourth-order valence-corrected chi connectivity index (χ4v) is 2.51. The van der Waals surface area contributed by atoms with Gasteiger partial charge in [-0.05, 0) is 46.1 Å². The number of halogens is 2. The first-order chi connectivity index (χ1) is 9.67. The quantitative estimate of drug-likeness (QED) is 0.649. The van der Waals surface area contributed by atoms with Crippen molar-refractivity contribution in [2.75, 3.05) is 7.11 Å². The lowest BCUT2D eigenvalue weighted by atomic mass is 10.0. The van der Waals surface area contributed by atoms with E-state index >= 15 is 0 Å². The number of nitrogens with one attached hydrogen (secondary N) is 1. The number of hydrazine groups is 1. The van der Waals surface area contributed by atoms with Crippen molar-refractivity contribution in [1.29, 1.82) is 0 Å². The van der Waals surface area contributed by atoms with Crippen molar-refractivity contribution in [2.24, 2.45) is 5.84 Å². The van der Waals surface area contributed by atoms with E-state index in [4.69, 9.17) is 10.6 Å². The molecule has 0 fully saturated rings. The summed E-state index contributed by atoms with van der Waals surface area (Å²) in [6.45, 7) is 0. The van der Waals surface area contributed by atoms with Crippen molar-refractivity contribution < 1.29 is 9.13 Å². The van der Waals surface area contributed by atoms with Crippen molar-refractivity contribution in [3.05, 3.63) is 58.1 Å². The topological polar surface area (TPSA) is 60.2 Å². The van der Waals surface area contributed by atoms with Gasteiger partial charge in [-0.2, -0.15) is 0 Å². The van der Waals surface area contributed by atoms with Crippen LogP contribution in [0.3, 0.4) is 0 Å². The Bertz CT molecular complexity index is 594. The summed E-state index contributed by atoms with van der Waals surface area (Å²) in [5.74, 6) is 5.43. The average molecular weight is 340 g/mol. The third-order valence-electron chi connectivity index (χ3n) is 3.01. The molecular formula is C14H15BrFN3O. The number of ether oxygens (including phenoxy) is 1. The molecule has 0 aliphatic heterocycles. The summed E-state index contributed by atoms with van der Waals surface area (Å²) in [7, 11) is 1.44. The molecule has 1 heterocycles. The molecule has 0 saturated heterocycles. The molecule has 0 spiro atoms. The van der Waals surface area contributed by atoms with Gasteiger partial charge in [0.1, 0.15) is 0 Å². The van der Waals surface area contributed by atoms with Gasteiger partial charge in [0.2, 0.25) is 0 Å². The summed E-state index contributed by atoms with van der Waals surface area (Å²) in [5, 5.41) is 0. The number of hydrogen-bond donors (Lipinski definition) is 2. The highest BCUT2D eigenvalue weighted by molar-refractivity contribution is 9.10. The van der Waals surface area contributed by atoms with Gasteiger partial charge in [0.05, 0.1) is 18.8 Å². The van der Waals surface area contributed by atoms with Crippen LogP contribution in [0.25, 0.3) is 0 Å². The molecule has 0 aliphatic carbocycles. The highest BCUT2D eigenvalue weighted by atomic mass is 79.9. The van der Waals surface area contributed by atoms with Gasteiger partial charge < -0.3 is 4.74 Å². The Morgan fingerprint density at radius 2 is 2.20 bits per heavy atom. The van der Waals surface area contributed by atoms with Crippen molar-refractivity contribution in [3.63, 3.8) is 0 Å². The lowest BCUT2D eigenvalue weighted by Gasteiger charge is -2.17. The van der Waals surface area contributed by atoms with Crippen LogP contribution in [0.1, 0.15) is 17.3 Å². The summed E-state index contributed by atoms with van der Waals surface area (Å²) in [4.78, 5) is 4.27. The van der Waals surface area contributed by atoms with Crippen LogP contribution in [0.15, 0.2) is 41.0 Å². The Morgan fingerprint density at radius 1 is 1.40 bits per heavy atom. The molecule has 106 valence electrons. The van der Waals surface area contributed by atoms with E-state index in [9.17, 15) is 4.39 Å². The first-order valence-corrected chi connectivity index (χ1v) is 6.84. The van der Waals surface area contributed by atoms with Gasteiger partial charge in [-0.25, -0.2) is 4.39 Å². The van der Waals surface area contributed by atoms with Gasteiger partial charge >= 0.3 is 0 Å². The molecule has 1 aromatic carbocycles. The SMILES string of the molecule is COc1cccc(CC(NN)c2ncccc2Br)c1F. The first kappa shape index (κ1) is 14.9. The van der Waals surface area contributed by atoms with Crippen LogP contribution in [-0.4, -0.2) is 12.1 Å². The van der Waals surface area contributed by atoms with Crippen molar-refractivity contribution in [1.82, 2.24) is 10.4 Å². The second-order valence-electron chi connectivity index (χ2n) is 4.23. The highest BCUT2D eigenvalue weighted by Crippen LogP contribution is 2.27. The van der Waals surface area contributed by atoms with Crippen molar-refractivity contribution in [3.8, 4) is 5.75 Å². The summed E-state index contributed by atoms with van der Waals surface area (Å²) >= 11 is 3.42. The van der Waals surface area contributed by atoms with E-state index in [1.54, 1.807) is 24.4 Å². The largest absolute Gasteiger partial charge is 0.494 e. The van der Waals surface area contributed by atoms with E-state index in [2.05, 4.69) is 26.3 Å². The fourth-order valence-electron chi connectivity index (χ4n) is 1.98. The molecule has 0 aliphatic rings. The molecule has 1 aromatic heterocycles. The average Bonchev–Trinajstić information content (AvgIpc) is 2.47. The molecule has 3 N–H and O–H groups in total. The van der Waals surface area contributed by atoms with E-state index in [0.29, 0.717) is 12.0 Å². The van der Waals surface area contributed by atoms with Crippen LogP contribution in [0.4, 0.5) is 4.39 Å². The zero-order valence-corrected chi connectivity index (χ0v) is 12.5. The Labute approximate surface area is 125 Å². The number of pyridine rings is 1. The monoisotopic (exact) mass is 339 g/mol. The summed E-state index contributed by atoms with van der Waals surface area (Å²) < 4.78 is 20.0. The summed E-state index contributed by atoms with van der Waals surface area (Å²) in [5.41, 5.74) is 3.92. The molecule has 20 heavy (non-hydrogen) atoms. The van der Waals surface area contributed by atoms with Crippen LogP contribution in [0.5, 0.6) is 5.75 Å². The standard InChI is InChI=1S/C14H15BrFN3O/c1-20-12-6-2-4-9(13(12)16)8-11(19-17)14-10(15)5-3-7-18-14/h2-7,11,19H,8,17H2,1H3. The van der Waals surface area contributed by atoms with Gasteiger partial charge in [-0.1, -0.05) is 12.1 Å². The molecule has 6 heteroatoms.